The van der Waals surface area contributed by atoms with Crippen molar-refractivity contribution in [1.82, 2.24) is 0 Å². The first-order valence-electron chi connectivity index (χ1n) is 6.42. The van der Waals surface area contributed by atoms with E-state index in [0.717, 1.165) is 19.3 Å². The number of unbranched alkanes of at least 4 members (excludes halogenated alkanes) is 4. The minimum absolute atomic E-state index is 0.249. The number of allylic oxidation sites excluding steroid dienone is 1. The van der Waals surface area contributed by atoms with Crippen LogP contribution in [-0.4, -0.2) is 5.78 Å². The third kappa shape index (κ3) is 7.35. The molecule has 1 heteroatoms. The standard InChI is InChI=1S/C14H26O/c1-4-7-9-10-12-13(11-8-5-2)14(15)6-3/h6,13H,3-5,7-12H2,1-2H3. The summed E-state index contributed by atoms with van der Waals surface area (Å²) in [4.78, 5) is 11.6. The van der Waals surface area contributed by atoms with Gasteiger partial charge in [0.2, 0.25) is 0 Å². The molecule has 0 saturated heterocycles. The molecule has 0 saturated carbocycles. The normalized spacial score (nSPS) is 12.4. The zero-order chi connectivity index (χ0) is 11.5. The van der Waals surface area contributed by atoms with Crippen molar-refractivity contribution in [2.45, 2.75) is 65.2 Å². The quantitative estimate of drug-likeness (QED) is 0.383. The van der Waals surface area contributed by atoms with Gasteiger partial charge in [-0.3, -0.25) is 4.79 Å². The lowest BCUT2D eigenvalue weighted by molar-refractivity contribution is -0.118. The molecule has 88 valence electrons. The third-order valence-electron chi connectivity index (χ3n) is 2.92. The summed E-state index contributed by atoms with van der Waals surface area (Å²) < 4.78 is 0. The van der Waals surface area contributed by atoms with Gasteiger partial charge in [0.15, 0.2) is 5.78 Å². The van der Waals surface area contributed by atoms with Gasteiger partial charge in [-0.15, -0.1) is 0 Å². The van der Waals surface area contributed by atoms with E-state index in [1.54, 1.807) is 0 Å². The molecule has 15 heavy (non-hydrogen) atoms. The highest BCUT2D eigenvalue weighted by Gasteiger charge is 2.13. The lowest BCUT2D eigenvalue weighted by Crippen LogP contribution is -2.11. The van der Waals surface area contributed by atoms with Crippen molar-refractivity contribution in [3.8, 4) is 0 Å². The van der Waals surface area contributed by atoms with Gasteiger partial charge in [-0.2, -0.15) is 0 Å². The molecule has 0 rings (SSSR count). The van der Waals surface area contributed by atoms with E-state index in [0.29, 0.717) is 0 Å². The second kappa shape index (κ2) is 9.95. The van der Waals surface area contributed by atoms with Crippen LogP contribution < -0.4 is 0 Å². The van der Waals surface area contributed by atoms with Crippen LogP contribution >= 0.6 is 0 Å². The minimum atomic E-state index is 0.249. The summed E-state index contributed by atoms with van der Waals surface area (Å²) in [6, 6.07) is 0. The van der Waals surface area contributed by atoms with E-state index in [2.05, 4.69) is 20.4 Å². The summed E-state index contributed by atoms with van der Waals surface area (Å²) in [6.45, 7) is 7.97. The van der Waals surface area contributed by atoms with E-state index >= 15 is 0 Å². The van der Waals surface area contributed by atoms with Crippen LogP contribution in [0, 0.1) is 5.92 Å². The lowest BCUT2D eigenvalue weighted by atomic mass is 9.91. The first kappa shape index (κ1) is 14.4. The molecule has 0 bridgehead atoms. The summed E-state index contributed by atoms with van der Waals surface area (Å²) in [6.07, 6.45) is 11.0. The monoisotopic (exact) mass is 210 g/mol. The Labute approximate surface area is 95.0 Å². The number of hydrogen-bond donors (Lipinski definition) is 0. The van der Waals surface area contributed by atoms with Gasteiger partial charge >= 0.3 is 0 Å². The molecule has 1 unspecified atom stereocenters. The van der Waals surface area contributed by atoms with E-state index in [1.165, 1.54) is 38.2 Å². The maximum absolute atomic E-state index is 11.6. The Kier molecular flexibility index (Phi) is 9.55. The number of hydrogen-bond acceptors (Lipinski definition) is 1. The van der Waals surface area contributed by atoms with Crippen LogP contribution in [0.2, 0.25) is 0 Å². The highest BCUT2D eigenvalue weighted by Crippen LogP contribution is 2.18. The first-order valence-corrected chi connectivity index (χ1v) is 6.42. The molecule has 0 aromatic rings. The molecule has 0 fully saturated rings. The van der Waals surface area contributed by atoms with E-state index in [-0.39, 0.29) is 11.7 Å². The van der Waals surface area contributed by atoms with Gasteiger partial charge < -0.3 is 0 Å². The number of rotatable bonds is 10. The SMILES string of the molecule is C=CC(=O)C(CCCC)CCCCCC. The Morgan fingerprint density at radius 1 is 1.07 bits per heavy atom. The predicted octanol–water partition coefficient (Wildman–Crippen LogP) is 4.52. The topological polar surface area (TPSA) is 17.1 Å². The summed E-state index contributed by atoms with van der Waals surface area (Å²) in [7, 11) is 0. The summed E-state index contributed by atoms with van der Waals surface area (Å²) in [5.41, 5.74) is 0. The zero-order valence-corrected chi connectivity index (χ0v) is 10.4. The maximum Gasteiger partial charge on any atom is 0.158 e. The predicted molar refractivity (Wildman–Crippen MR) is 67.0 cm³/mol. The molecule has 0 aliphatic carbocycles. The molecule has 0 aliphatic rings. The third-order valence-corrected chi connectivity index (χ3v) is 2.92. The van der Waals surface area contributed by atoms with Crippen LogP contribution in [0.4, 0.5) is 0 Å². The molecular weight excluding hydrogens is 184 g/mol. The fourth-order valence-electron chi connectivity index (χ4n) is 1.86. The zero-order valence-electron chi connectivity index (χ0n) is 10.4. The number of carbonyl (C=O) groups excluding carboxylic acids is 1. The van der Waals surface area contributed by atoms with Crippen LogP contribution in [0.1, 0.15) is 65.2 Å². The molecule has 1 atom stereocenters. The second-order valence-corrected chi connectivity index (χ2v) is 4.29. The highest BCUT2D eigenvalue weighted by molar-refractivity contribution is 5.91. The van der Waals surface area contributed by atoms with Gasteiger partial charge in [-0.1, -0.05) is 59.0 Å². The van der Waals surface area contributed by atoms with Crippen molar-refractivity contribution in [3.63, 3.8) is 0 Å². The summed E-state index contributed by atoms with van der Waals surface area (Å²) >= 11 is 0. The van der Waals surface area contributed by atoms with E-state index in [1.807, 2.05) is 0 Å². The molecular formula is C14H26O. The van der Waals surface area contributed by atoms with E-state index in [9.17, 15) is 4.79 Å². The van der Waals surface area contributed by atoms with Crippen molar-refractivity contribution in [2.24, 2.45) is 5.92 Å². The Morgan fingerprint density at radius 3 is 2.20 bits per heavy atom. The molecule has 0 aliphatic heterocycles. The Hall–Kier alpha value is -0.590. The van der Waals surface area contributed by atoms with Gasteiger partial charge in [0.1, 0.15) is 0 Å². The molecule has 0 N–H and O–H groups in total. The molecule has 0 amide bonds. The largest absolute Gasteiger partial charge is 0.295 e. The molecule has 0 spiro atoms. The average molecular weight is 210 g/mol. The van der Waals surface area contributed by atoms with Crippen LogP contribution in [0.15, 0.2) is 12.7 Å². The van der Waals surface area contributed by atoms with Crippen LogP contribution in [0.25, 0.3) is 0 Å². The number of ketones is 1. The molecule has 1 nitrogen and oxygen atoms in total. The van der Waals surface area contributed by atoms with Crippen molar-refractivity contribution in [1.29, 1.82) is 0 Å². The van der Waals surface area contributed by atoms with Crippen LogP contribution in [-0.2, 0) is 4.79 Å². The number of carbonyl (C=O) groups is 1. The van der Waals surface area contributed by atoms with Crippen molar-refractivity contribution in [2.75, 3.05) is 0 Å². The highest BCUT2D eigenvalue weighted by atomic mass is 16.1. The Bertz CT molecular complexity index is 172. The fraction of sp³-hybridized carbons (Fsp3) is 0.786. The Balaban J connectivity index is 3.79. The van der Waals surface area contributed by atoms with E-state index in [4.69, 9.17) is 0 Å². The van der Waals surface area contributed by atoms with Gasteiger partial charge in [0.05, 0.1) is 0 Å². The summed E-state index contributed by atoms with van der Waals surface area (Å²) in [5.74, 6) is 0.499. The van der Waals surface area contributed by atoms with Gasteiger partial charge in [0, 0.05) is 5.92 Å². The molecule has 0 aromatic heterocycles. The second-order valence-electron chi connectivity index (χ2n) is 4.29. The molecule has 0 heterocycles. The average Bonchev–Trinajstić information content (AvgIpc) is 2.27. The van der Waals surface area contributed by atoms with E-state index < -0.39 is 0 Å². The van der Waals surface area contributed by atoms with Crippen molar-refractivity contribution >= 4 is 5.78 Å². The first-order chi connectivity index (χ1) is 7.26. The van der Waals surface area contributed by atoms with Crippen molar-refractivity contribution < 1.29 is 4.79 Å². The fourth-order valence-corrected chi connectivity index (χ4v) is 1.86. The molecule has 0 radical (unpaired) electrons. The van der Waals surface area contributed by atoms with Gasteiger partial charge in [0.25, 0.3) is 0 Å². The van der Waals surface area contributed by atoms with Gasteiger partial charge in [-0.25, -0.2) is 0 Å². The van der Waals surface area contributed by atoms with Crippen LogP contribution in [0.5, 0.6) is 0 Å². The lowest BCUT2D eigenvalue weighted by Gasteiger charge is -2.12. The van der Waals surface area contributed by atoms with Crippen molar-refractivity contribution in [3.05, 3.63) is 12.7 Å². The Morgan fingerprint density at radius 2 is 1.67 bits per heavy atom. The van der Waals surface area contributed by atoms with Gasteiger partial charge in [-0.05, 0) is 18.9 Å². The minimum Gasteiger partial charge on any atom is -0.295 e. The van der Waals surface area contributed by atoms with Crippen LogP contribution in [0.3, 0.4) is 0 Å². The smallest absolute Gasteiger partial charge is 0.158 e. The molecule has 0 aromatic carbocycles. The summed E-state index contributed by atoms with van der Waals surface area (Å²) in [5, 5.41) is 0. The maximum atomic E-state index is 11.6.